The molecule has 2 rings (SSSR count). The molecular weight excluding hydrogens is 315 g/mol. The first-order chi connectivity index (χ1) is 11.2. The van der Waals surface area contributed by atoms with E-state index in [-0.39, 0.29) is 12.3 Å². The second-order valence-corrected chi connectivity index (χ2v) is 5.80. The fourth-order valence-electron chi connectivity index (χ4n) is 2.62. The topological polar surface area (TPSA) is 20.3 Å². The lowest BCUT2D eigenvalue weighted by Crippen LogP contribution is -2.32. The number of halogens is 3. The zero-order chi connectivity index (χ0) is 17.9. The number of alkyl halides is 3. The molecule has 0 bridgehead atoms. The van der Waals surface area contributed by atoms with Gasteiger partial charge in [0, 0.05) is 12.2 Å². The number of rotatable bonds is 4. The molecule has 2 nitrogen and oxygen atoms in total. The molecule has 0 aromatic heterocycles. The minimum atomic E-state index is -4.41. The van der Waals surface area contributed by atoms with Crippen LogP contribution in [-0.2, 0) is 17.4 Å². The number of anilines is 1. The maximum Gasteiger partial charge on any atom is 0.416 e. The summed E-state index contributed by atoms with van der Waals surface area (Å²) in [6.45, 7) is 6.16. The van der Waals surface area contributed by atoms with Crippen molar-refractivity contribution in [1.29, 1.82) is 0 Å². The SMILES string of the molecule is CCN(C(=O)Cc1cccc(C(F)(F)F)c1)c1cc(C)ccc1C. The van der Waals surface area contributed by atoms with Crippen LogP contribution in [0.2, 0.25) is 0 Å². The maximum atomic E-state index is 12.8. The molecule has 24 heavy (non-hydrogen) atoms. The lowest BCUT2D eigenvalue weighted by atomic mass is 10.1. The summed E-state index contributed by atoms with van der Waals surface area (Å²) in [4.78, 5) is 14.2. The van der Waals surface area contributed by atoms with E-state index in [4.69, 9.17) is 0 Å². The Morgan fingerprint density at radius 1 is 1.08 bits per heavy atom. The van der Waals surface area contributed by atoms with Gasteiger partial charge in [0.25, 0.3) is 0 Å². The number of carbonyl (C=O) groups excluding carboxylic acids is 1. The molecule has 0 N–H and O–H groups in total. The highest BCUT2D eigenvalue weighted by molar-refractivity contribution is 5.95. The third-order valence-corrected chi connectivity index (χ3v) is 3.88. The molecule has 128 valence electrons. The highest BCUT2D eigenvalue weighted by Crippen LogP contribution is 2.30. The molecule has 0 aliphatic heterocycles. The summed E-state index contributed by atoms with van der Waals surface area (Å²) in [5, 5.41) is 0. The van der Waals surface area contributed by atoms with Crippen LogP contribution in [0.15, 0.2) is 42.5 Å². The zero-order valence-electron chi connectivity index (χ0n) is 13.9. The number of likely N-dealkylation sites (N-methyl/N-ethyl adjacent to an activating group) is 1. The summed E-state index contributed by atoms with van der Waals surface area (Å²) < 4.78 is 38.4. The van der Waals surface area contributed by atoms with E-state index in [2.05, 4.69) is 0 Å². The molecule has 0 radical (unpaired) electrons. The van der Waals surface area contributed by atoms with Crippen molar-refractivity contribution < 1.29 is 18.0 Å². The van der Waals surface area contributed by atoms with Gasteiger partial charge in [-0.2, -0.15) is 13.2 Å². The van der Waals surface area contributed by atoms with Crippen LogP contribution in [0.3, 0.4) is 0 Å². The van der Waals surface area contributed by atoms with Crippen molar-refractivity contribution in [1.82, 2.24) is 0 Å². The Balaban J connectivity index is 2.26. The molecule has 5 heteroatoms. The number of nitrogens with zero attached hydrogens (tertiary/aromatic N) is 1. The number of aryl methyl sites for hydroxylation is 2. The summed E-state index contributed by atoms with van der Waals surface area (Å²) in [7, 11) is 0. The van der Waals surface area contributed by atoms with Crippen LogP contribution in [0.5, 0.6) is 0 Å². The van der Waals surface area contributed by atoms with Gasteiger partial charge in [-0.25, -0.2) is 0 Å². The predicted octanol–water partition coefficient (Wildman–Crippen LogP) is 4.92. The molecule has 2 aromatic carbocycles. The van der Waals surface area contributed by atoms with Gasteiger partial charge in [0.15, 0.2) is 0 Å². The van der Waals surface area contributed by atoms with E-state index in [1.54, 1.807) is 11.0 Å². The van der Waals surface area contributed by atoms with E-state index < -0.39 is 11.7 Å². The Kier molecular flexibility index (Phi) is 5.32. The zero-order valence-corrected chi connectivity index (χ0v) is 13.9. The van der Waals surface area contributed by atoms with Gasteiger partial charge in [0.05, 0.1) is 12.0 Å². The first kappa shape index (κ1) is 18.0. The second-order valence-electron chi connectivity index (χ2n) is 5.80. The van der Waals surface area contributed by atoms with Crippen LogP contribution in [0.4, 0.5) is 18.9 Å². The van der Waals surface area contributed by atoms with E-state index in [0.29, 0.717) is 12.1 Å². The molecule has 0 fully saturated rings. The van der Waals surface area contributed by atoms with E-state index in [1.807, 2.05) is 39.0 Å². The smallest absolute Gasteiger partial charge is 0.312 e. The van der Waals surface area contributed by atoms with Gasteiger partial charge >= 0.3 is 6.18 Å². The first-order valence-corrected chi connectivity index (χ1v) is 7.76. The average molecular weight is 335 g/mol. The minimum Gasteiger partial charge on any atom is -0.312 e. The van der Waals surface area contributed by atoms with Crippen molar-refractivity contribution in [2.75, 3.05) is 11.4 Å². The normalized spacial score (nSPS) is 11.4. The Hall–Kier alpha value is -2.30. The summed E-state index contributed by atoms with van der Waals surface area (Å²) in [6.07, 6.45) is -4.47. The van der Waals surface area contributed by atoms with Crippen LogP contribution in [0.1, 0.15) is 29.2 Å². The largest absolute Gasteiger partial charge is 0.416 e. The third kappa shape index (κ3) is 4.16. The molecular formula is C19H20F3NO. The fraction of sp³-hybridized carbons (Fsp3) is 0.316. The number of benzene rings is 2. The summed E-state index contributed by atoms with van der Waals surface area (Å²) in [6, 6.07) is 10.7. The summed E-state index contributed by atoms with van der Waals surface area (Å²) in [5.41, 5.74) is 2.41. The molecule has 0 unspecified atom stereocenters. The van der Waals surface area contributed by atoms with Gasteiger partial charge in [0.2, 0.25) is 5.91 Å². The van der Waals surface area contributed by atoms with Crippen LogP contribution in [-0.4, -0.2) is 12.5 Å². The molecule has 2 aromatic rings. The van der Waals surface area contributed by atoms with E-state index in [0.717, 1.165) is 28.9 Å². The van der Waals surface area contributed by atoms with E-state index in [1.165, 1.54) is 6.07 Å². The van der Waals surface area contributed by atoms with Crippen LogP contribution in [0.25, 0.3) is 0 Å². The Morgan fingerprint density at radius 3 is 2.42 bits per heavy atom. The third-order valence-electron chi connectivity index (χ3n) is 3.88. The van der Waals surface area contributed by atoms with Gasteiger partial charge in [-0.15, -0.1) is 0 Å². The fourth-order valence-corrected chi connectivity index (χ4v) is 2.62. The molecule has 0 saturated carbocycles. The number of amides is 1. The van der Waals surface area contributed by atoms with Crippen molar-refractivity contribution in [2.24, 2.45) is 0 Å². The van der Waals surface area contributed by atoms with Gasteiger partial charge in [-0.3, -0.25) is 4.79 Å². The van der Waals surface area contributed by atoms with Crippen molar-refractivity contribution in [3.8, 4) is 0 Å². The predicted molar refractivity (Wildman–Crippen MR) is 89.1 cm³/mol. The quantitative estimate of drug-likeness (QED) is 0.777. The van der Waals surface area contributed by atoms with Crippen molar-refractivity contribution in [2.45, 2.75) is 33.4 Å². The Bertz CT molecular complexity index is 738. The van der Waals surface area contributed by atoms with Gasteiger partial charge in [-0.1, -0.05) is 30.3 Å². The average Bonchev–Trinajstić information content (AvgIpc) is 2.51. The van der Waals surface area contributed by atoms with E-state index in [9.17, 15) is 18.0 Å². The Morgan fingerprint density at radius 2 is 1.79 bits per heavy atom. The number of hydrogen-bond donors (Lipinski definition) is 0. The van der Waals surface area contributed by atoms with Gasteiger partial charge in [0.1, 0.15) is 0 Å². The van der Waals surface area contributed by atoms with Crippen LogP contribution >= 0.6 is 0 Å². The number of carbonyl (C=O) groups is 1. The van der Waals surface area contributed by atoms with Crippen LogP contribution in [0, 0.1) is 13.8 Å². The minimum absolute atomic E-state index is 0.0643. The maximum absolute atomic E-state index is 12.8. The monoisotopic (exact) mass is 335 g/mol. The summed E-state index contributed by atoms with van der Waals surface area (Å²) in [5.74, 6) is -0.217. The first-order valence-electron chi connectivity index (χ1n) is 7.76. The van der Waals surface area contributed by atoms with Crippen molar-refractivity contribution >= 4 is 11.6 Å². The lowest BCUT2D eigenvalue weighted by molar-refractivity contribution is -0.137. The highest BCUT2D eigenvalue weighted by atomic mass is 19.4. The van der Waals surface area contributed by atoms with Gasteiger partial charge in [-0.05, 0) is 49.6 Å². The molecule has 0 atom stereocenters. The standard InChI is InChI=1S/C19H20F3NO/c1-4-23(17-10-13(2)8-9-14(17)3)18(24)12-15-6-5-7-16(11-15)19(20,21)22/h5-11H,4,12H2,1-3H3. The highest BCUT2D eigenvalue weighted by Gasteiger charge is 2.30. The lowest BCUT2D eigenvalue weighted by Gasteiger charge is -2.23. The summed E-state index contributed by atoms with van der Waals surface area (Å²) >= 11 is 0. The van der Waals surface area contributed by atoms with Crippen LogP contribution < -0.4 is 4.90 Å². The molecule has 0 heterocycles. The Labute approximate surface area is 139 Å². The molecule has 1 amide bonds. The molecule has 0 aliphatic rings. The molecule has 0 aliphatic carbocycles. The van der Waals surface area contributed by atoms with Crippen molar-refractivity contribution in [3.63, 3.8) is 0 Å². The second kappa shape index (κ2) is 7.07. The van der Waals surface area contributed by atoms with Gasteiger partial charge < -0.3 is 4.90 Å². The number of hydrogen-bond acceptors (Lipinski definition) is 1. The molecule has 0 spiro atoms. The van der Waals surface area contributed by atoms with Crippen molar-refractivity contribution in [3.05, 3.63) is 64.7 Å². The molecule has 0 saturated heterocycles. The van der Waals surface area contributed by atoms with E-state index >= 15 is 0 Å².